The first-order valence-electron chi connectivity index (χ1n) is 9.41. The molecule has 1 heterocycles. The summed E-state index contributed by atoms with van der Waals surface area (Å²) in [5.74, 6) is -0.562. The van der Waals surface area contributed by atoms with E-state index in [1.54, 1.807) is 36.4 Å². The Labute approximate surface area is 187 Å². The van der Waals surface area contributed by atoms with Crippen molar-refractivity contribution in [2.75, 3.05) is 0 Å². The maximum atomic E-state index is 12.7. The van der Waals surface area contributed by atoms with Crippen LogP contribution in [0.2, 0.25) is 5.02 Å². The molecule has 0 aliphatic carbocycles. The van der Waals surface area contributed by atoms with Crippen LogP contribution in [0.3, 0.4) is 0 Å². The van der Waals surface area contributed by atoms with Crippen molar-refractivity contribution in [3.63, 3.8) is 0 Å². The Bertz CT molecular complexity index is 1300. The van der Waals surface area contributed by atoms with Crippen molar-refractivity contribution in [1.29, 1.82) is 0 Å². The average molecular weight is 449 g/mol. The van der Waals surface area contributed by atoms with Crippen LogP contribution in [0.15, 0.2) is 77.9 Å². The fourth-order valence-electron chi connectivity index (χ4n) is 2.90. The molecule has 31 heavy (non-hydrogen) atoms. The van der Waals surface area contributed by atoms with E-state index in [2.05, 4.69) is 10.5 Å². The zero-order chi connectivity index (χ0) is 21.8. The van der Waals surface area contributed by atoms with Crippen LogP contribution >= 0.6 is 22.9 Å². The van der Waals surface area contributed by atoms with Crippen LogP contribution in [-0.2, 0) is 0 Å². The summed E-state index contributed by atoms with van der Waals surface area (Å²) in [4.78, 5) is 25.3. The molecule has 0 bridgehead atoms. The highest BCUT2D eigenvalue weighted by molar-refractivity contribution is 7.21. The second-order valence-corrected chi connectivity index (χ2v) is 8.16. The Kier molecular flexibility index (Phi) is 6.11. The third-order valence-corrected chi connectivity index (χ3v) is 6.18. The molecule has 0 saturated heterocycles. The molecule has 154 valence electrons. The van der Waals surface area contributed by atoms with E-state index in [0.717, 1.165) is 15.6 Å². The third kappa shape index (κ3) is 4.66. The van der Waals surface area contributed by atoms with Crippen LogP contribution in [0.5, 0.6) is 5.75 Å². The number of hydrazone groups is 1. The number of thiophene rings is 1. The molecule has 1 N–H and O–H groups in total. The zero-order valence-corrected chi connectivity index (χ0v) is 18.0. The molecular formula is C24H17ClN2O3S. The van der Waals surface area contributed by atoms with Crippen LogP contribution in [0.4, 0.5) is 0 Å². The molecule has 0 unspecified atom stereocenters. The molecule has 3 aromatic carbocycles. The highest BCUT2D eigenvalue weighted by Gasteiger charge is 2.19. The van der Waals surface area contributed by atoms with Gasteiger partial charge in [0, 0.05) is 21.2 Å². The van der Waals surface area contributed by atoms with Crippen molar-refractivity contribution >= 4 is 51.1 Å². The van der Waals surface area contributed by atoms with Crippen LogP contribution in [-0.4, -0.2) is 18.1 Å². The highest BCUT2D eigenvalue weighted by atomic mass is 35.5. The fraction of sp³-hybridized carbons (Fsp3) is 0.0417. The van der Waals surface area contributed by atoms with Gasteiger partial charge >= 0.3 is 5.97 Å². The van der Waals surface area contributed by atoms with Crippen LogP contribution < -0.4 is 10.2 Å². The van der Waals surface area contributed by atoms with Gasteiger partial charge in [0.05, 0.1) is 11.2 Å². The van der Waals surface area contributed by atoms with E-state index in [1.165, 1.54) is 17.6 Å². The molecule has 4 rings (SSSR count). The monoisotopic (exact) mass is 448 g/mol. The van der Waals surface area contributed by atoms with Gasteiger partial charge in [-0.1, -0.05) is 59.6 Å². The van der Waals surface area contributed by atoms with Gasteiger partial charge in [0.25, 0.3) is 5.91 Å². The maximum absolute atomic E-state index is 12.7. The van der Waals surface area contributed by atoms with E-state index in [0.29, 0.717) is 26.8 Å². The van der Waals surface area contributed by atoms with Gasteiger partial charge in [-0.3, -0.25) is 4.79 Å². The summed E-state index contributed by atoms with van der Waals surface area (Å²) in [7, 11) is 0. The molecule has 0 fully saturated rings. The molecule has 0 aliphatic rings. The summed E-state index contributed by atoms with van der Waals surface area (Å²) >= 11 is 7.66. The number of nitrogens with zero attached hydrogens (tertiary/aromatic N) is 1. The Hall–Kier alpha value is -3.48. The number of benzene rings is 3. The maximum Gasteiger partial charge on any atom is 0.355 e. The van der Waals surface area contributed by atoms with Crippen LogP contribution in [0.1, 0.15) is 31.2 Å². The van der Waals surface area contributed by atoms with Gasteiger partial charge in [0.1, 0.15) is 10.6 Å². The van der Waals surface area contributed by atoms with Gasteiger partial charge in [-0.2, -0.15) is 5.10 Å². The summed E-state index contributed by atoms with van der Waals surface area (Å²) in [5, 5.41) is 5.19. The lowest BCUT2D eigenvalue weighted by molar-refractivity contribution is 0.0739. The number of carbonyl (C=O) groups excluding carboxylic acids is 2. The first kappa shape index (κ1) is 20.8. The smallest absolute Gasteiger partial charge is 0.355 e. The number of esters is 1. The topological polar surface area (TPSA) is 67.8 Å². The number of ether oxygens (including phenoxy) is 1. The molecule has 0 atom stereocenters. The third-order valence-electron chi connectivity index (χ3n) is 4.53. The minimum absolute atomic E-state index is 0.314. The molecule has 0 radical (unpaired) electrons. The summed E-state index contributed by atoms with van der Waals surface area (Å²) in [6, 6.07) is 21.6. The van der Waals surface area contributed by atoms with Crippen molar-refractivity contribution in [3.05, 3.63) is 99.4 Å². The normalized spacial score (nSPS) is 11.0. The average Bonchev–Trinajstić information content (AvgIpc) is 3.12. The van der Waals surface area contributed by atoms with Crippen molar-refractivity contribution in [2.24, 2.45) is 5.10 Å². The lowest BCUT2D eigenvalue weighted by atomic mass is 10.1. The van der Waals surface area contributed by atoms with Gasteiger partial charge in [0.2, 0.25) is 0 Å². The lowest BCUT2D eigenvalue weighted by Gasteiger charge is -2.06. The van der Waals surface area contributed by atoms with Gasteiger partial charge in [-0.15, -0.1) is 11.3 Å². The van der Waals surface area contributed by atoms with E-state index in [1.807, 2.05) is 43.3 Å². The standard InChI is InChI=1S/C24H17ClN2O3S/c1-15-10-12-16(13-11-15)23(28)27-26-14-17-6-2-4-8-19(17)30-24(29)22-21(25)18-7-3-5-9-20(18)31-22/h2-14H,1H3,(H,27,28). The van der Waals surface area contributed by atoms with Crippen molar-refractivity contribution in [3.8, 4) is 5.75 Å². The zero-order valence-electron chi connectivity index (χ0n) is 16.5. The summed E-state index contributed by atoms with van der Waals surface area (Å²) in [5.41, 5.74) is 4.58. The number of aryl methyl sites for hydroxylation is 1. The highest BCUT2D eigenvalue weighted by Crippen LogP contribution is 2.35. The van der Waals surface area contributed by atoms with E-state index < -0.39 is 5.97 Å². The molecule has 7 heteroatoms. The number of rotatable bonds is 5. The number of nitrogens with one attached hydrogen (secondary N) is 1. The predicted octanol–water partition coefficient (Wildman–Crippen LogP) is 5.85. The Morgan fingerprint density at radius 2 is 1.71 bits per heavy atom. The minimum atomic E-state index is -0.546. The summed E-state index contributed by atoms with van der Waals surface area (Å²) < 4.78 is 6.49. The second kappa shape index (κ2) is 9.12. The lowest BCUT2D eigenvalue weighted by Crippen LogP contribution is -2.17. The molecule has 4 aromatic rings. The van der Waals surface area contributed by atoms with Crippen LogP contribution in [0.25, 0.3) is 10.1 Å². The minimum Gasteiger partial charge on any atom is -0.422 e. The molecule has 1 aromatic heterocycles. The molecule has 0 spiro atoms. The number of halogens is 1. The molecular weight excluding hydrogens is 432 g/mol. The van der Waals surface area contributed by atoms with Gasteiger partial charge in [0.15, 0.2) is 0 Å². The molecule has 0 saturated carbocycles. The number of hydrogen-bond donors (Lipinski definition) is 1. The van der Waals surface area contributed by atoms with Crippen LogP contribution in [0, 0.1) is 6.92 Å². The van der Waals surface area contributed by atoms with Gasteiger partial charge < -0.3 is 4.74 Å². The Morgan fingerprint density at radius 1 is 1.00 bits per heavy atom. The number of fused-ring (bicyclic) bond motifs is 1. The van der Waals surface area contributed by atoms with Gasteiger partial charge in [-0.05, 0) is 37.3 Å². The first-order chi connectivity index (χ1) is 15.0. The van der Waals surface area contributed by atoms with Gasteiger partial charge in [-0.25, -0.2) is 10.2 Å². The largest absolute Gasteiger partial charge is 0.422 e. The van der Waals surface area contributed by atoms with E-state index in [4.69, 9.17) is 16.3 Å². The first-order valence-corrected chi connectivity index (χ1v) is 10.6. The van der Waals surface area contributed by atoms with Crippen molar-refractivity contribution < 1.29 is 14.3 Å². The van der Waals surface area contributed by atoms with E-state index in [9.17, 15) is 9.59 Å². The quantitative estimate of drug-likeness (QED) is 0.180. The van der Waals surface area contributed by atoms with Crippen molar-refractivity contribution in [2.45, 2.75) is 6.92 Å². The fourth-order valence-corrected chi connectivity index (χ4v) is 4.29. The molecule has 1 amide bonds. The Morgan fingerprint density at radius 3 is 2.48 bits per heavy atom. The molecule has 0 aliphatic heterocycles. The van der Waals surface area contributed by atoms with E-state index >= 15 is 0 Å². The predicted molar refractivity (Wildman–Crippen MR) is 124 cm³/mol. The van der Waals surface area contributed by atoms with Crippen molar-refractivity contribution in [1.82, 2.24) is 5.43 Å². The Balaban J connectivity index is 1.49. The summed E-state index contributed by atoms with van der Waals surface area (Å²) in [6.45, 7) is 1.95. The summed E-state index contributed by atoms with van der Waals surface area (Å²) in [6.07, 6.45) is 1.43. The second-order valence-electron chi connectivity index (χ2n) is 6.73. The molecule has 5 nitrogen and oxygen atoms in total. The number of amides is 1. The SMILES string of the molecule is Cc1ccc(C(=O)NN=Cc2ccccc2OC(=O)c2sc3ccccc3c2Cl)cc1. The number of hydrogen-bond acceptors (Lipinski definition) is 5. The number of carbonyl (C=O) groups is 2. The number of para-hydroxylation sites is 1. The van der Waals surface area contributed by atoms with E-state index in [-0.39, 0.29) is 5.91 Å².